The monoisotopic (exact) mass is 283 g/mol. The Morgan fingerprint density at radius 1 is 1.00 bits per heavy atom. The molecule has 1 atom stereocenters. The van der Waals surface area contributed by atoms with E-state index in [9.17, 15) is 0 Å². The number of pyridine rings is 1. The summed E-state index contributed by atoms with van der Waals surface area (Å²) in [6.07, 6.45) is 1.52. The number of fused-ring (bicyclic) bond motifs is 1. The molecule has 3 aromatic rings. The number of hydrogen-bond acceptors (Lipinski definition) is 3. The van der Waals surface area contributed by atoms with Crippen molar-refractivity contribution in [3.05, 3.63) is 70.9 Å². The summed E-state index contributed by atoms with van der Waals surface area (Å²) in [5, 5.41) is 2.86. The highest BCUT2D eigenvalue weighted by atomic mass is 35.5. The van der Waals surface area contributed by atoms with Gasteiger partial charge in [-0.05, 0) is 28.5 Å². The molecule has 4 heteroatoms. The average Bonchev–Trinajstić information content (AvgIpc) is 2.48. The molecule has 0 fully saturated rings. The highest BCUT2D eigenvalue weighted by Crippen LogP contribution is 2.27. The van der Waals surface area contributed by atoms with Gasteiger partial charge in [-0.15, -0.1) is 0 Å². The second-order valence-corrected chi connectivity index (χ2v) is 5.15. The fraction of sp³-hybridized carbons (Fsp3) is 0.0625. The number of rotatable bonds is 2. The molecule has 4 N–H and O–H groups in total. The Labute approximate surface area is 122 Å². The first-order valence-corrected chi connectivity index (χ1v) is 6.68. The van der Waals surface area contributed by atoms with E-state index in [0.717, 1.165) is 16.5 Å². The molecule has 3 rings (SSSR count). The molecule has 3 nitrogen and oxygen atoms in total. The van der Waals surface area contributed by atoms with Gasteiger partial charge in [-0.1, -0.05) is 48.0 Å². The Hall–Kier alpha value is -2.10. The smallest absolute Gasteiger partial charge is 0.128 e. The SMILES string of the molecule is Nc1ncc(Cl)cc1C(N)c1ccc2ccccc2c1. The van der Waals surface area contributed by atoms with Crippen LogP contribution in [0.1, 0.15) is 17.2 Å². The lowest BCUT2D eigenvalue weighted by Crippen LogP contribution is -2.14. The van der Waals surface area contributed by atoms with Crippen LogP contribution in [0.5, 0.6) is 0 Å². The second-order valence-electron chi connectivity index (χ2n) is 4.71. The fourth-order valence-electron chi connectivity index (χ4n) is 2.30. The first-order chi connectivity index (χ1) is 9.65. The number of nitrogen functional groups attached to an aromatic ring is 1. The van der Waals surface area contributed by atoms with Crippen LogP contribution in [0.4, 0.5) is 5.82 Å². The van der Waals surface area contributed by atoms with Crippen LogP contribution in [0.15, 0.2) is 54.7 Å². The van der Waals surface area contributed by atoms with Gasteiger partial charge >= 0.3 is 0 Å². The zero-order valence-electron chi connectivity index (χ0n) is 10.8. The molecule has 0 saturated carbocycles. The lowest BCUT2D eigenvalue weighted by Gasteiger charge is -2.15. The normalized spacial score (nSPS) is 12.5. The average molecular weight is 284 g/mol. The number of halogens is 1. The molecule has 20 heavy (non-hydrogen) atoms. The van der Waals surface area contributed by atoms with Crippen LogP contribution in [-0.4, -0.2) is 4.98 Å². The van der Waals surface area contributed by atoms with Gasteiger partial charge in [0.25, 0.3) is 0 Å². The predicted octanol–water partition coefficient (Wildman–Crippen LogP) is 3.52. The molecule has 0 bridgehead atoms. The summed E-state index contributed by atoms with van der Waals surface area (Å²) < 4.78 is 0. The molecule has 0 aliphatic carbocycles. The van der Waals surface area contributed by atoms with Crippen LogP contribution < -0.4 is 11.5 Å². The number of hydrogen-bond donors (Lipinski definition) is 2. The lowest BCUT2D eigenvalue weighted by molar-refractivity contribution is 0.870. The number of nitrogens with zero attached hydrogens (tertiary/aromatic N) is 1. The maximum Gasteiger partial charge on any atom is 0.128 e. The minimum absolute atomic E-state index is 0.342. The maximum atomic E-state index is 6.30. The van der Waals surface area contributed by atoms with Crippen molar-refractivity contribution in [1.29, 1.82) is 0 Å². The molecule has 1 aromatic heterocycles. The molecular formula is C16H14ClN3. The third kappa shape index (κ3) is 2.33. The predicted molar refractivity (Wildman–Crippen MR) is 83.6 cm³/mol. The van der Waals surface area contributed by atoms with Gasteiger partial charge in [-0.25, -0.2) is 4.98 Å². The number of anilines is 1. The standard InChI is InChI=1S/C16H14ClN3/c17-13-8-14(16(19)20-9-13)15(18)12-6-5-10-3-1-2-4-11(10)7-12/h1-9,15H,18H2,(H2,19,20). The number of aromatic nitrogens is 1. The number of benzene rings is 2. The van der Waals surface area contributed by atoms with E-state index in [4.69, 9.17) is 23.1 Å². The van der Waals surface area contributed by atoms with Crippen LogP contribution in [0.3, 0.4) is 0 Å². The summed E-state index contributed by atoms with van der Waals surface area (Å²) in [7, 11) is 0. The van der Waals surface area contributed by atoms with Gasteiger partial charge in [0, 0.05) is 11.8 Å². The molecule has 0 saturated heterocycles. The molecule has 0 amide bonds. The van der Waals surface area contributed by atoms with Gasteiger partial charge in [0.1, 0.15) is 5.82 Å². The summed E-state index contributed by atoms with van der Waals surface area (Å²) in [5.74, 6) is 0.412. The molecular weight excluding hydrogens is 270 g/mol. The van der Waals surface area contributed by atoms with Gasteiger partial charge in [-0.3, -0.25) is 0 Å². The van der Waals surface area contributed by atoms with Crippen LogP contribution >= 0.6 is 11.6 Å². The minimum atomic E-state index is -0.342. The Morgan fingerprint density at radius 3 is 2.55 bits per heavy atom. The highest BCUT2D eigenvalue weighted by Gasteiger charge is 2.14. The third-order valence-corrected chi connectivity index (χ3v) is 3.59. The Bertz CT molecular complexity index is 771. The zero-order valence-corrected chi connectivity index (χ0v) is 11.5. The van der Waals surface area contributed by atoms with Crippen molar-refractivity contribution in [2.75, 3.05) is 5.73 Å². The molecule has 0 aliphatic heterocycles. The van der Waals surface area contributed by atoms with Crippen LogP contribution in [0.2, 0.25) is 5.02 Å². The summed E-state index contributed by atoms with van der Waals surface area (Å²) >= 11 is 5.97. The second kappa shape index (κ2) is 5.12. The van der Waals surface area contributed by atoms with E-state index < -0.39 is 0 Å². The Morgan fingerprint density at radius 2 is 1.75 bits per heavy atom. The summed E-state index contributed by atoms with van der Waals surface area (Å²) in [6.45, 7) is 0. The molecule has 1 heterocycles. The van der Waals surface area contributed by atoms with E-state index >= 15 is 0 Å². The van der Waals surface area contributed by atoms with Crippen LogP contribution in [0, 0.1) is 0 Å². The van der Waals surface area contributed by atoms with E-state index in [1.165, 1.54) is 11.6 Å². The van der Waals surface area contributed by atoms with Gasteiger partial charge in [0.2, 0.25) is 0 Å². The van der Waals surface area contributed by atoms with Gasteiger partial charge in [0.05, 0.1) is 11.1 Å². The van der Waals surface area contributed by atoms with E-state index in [1.807, 2.05) is 18.2 Å². The van der Waals surface area contributed by atoms with Crippen molar-refractivity contribution in [1.82, 2.24) is 4.98 Å². The third-order valence-electron chi connectivity index (χ3n) is 3.38. The van der Waals surface area contributed by atoms with Gasteiger partial charge in [-0.2, -0.15) is 0 Å². The topological polar surface area (TPSA) is 64.9 Å². The summed E-state index contributed by atoms with van der Waals surface area (Å²) in [5.41, 5.74) is 13.9. The lowest BCUT2D eigenvalue weighted by atomic mass is 9.97. The molecule has 0 spiro atoms. The first kappa shape index (κ1) is 12.9. The van der Waals surface area contributed by atoms with Crippen molar-refractivity contribution in [2.24, 2.45) is 5.73 Å². The molecule has 2 aromatic carbocycles. The summed E-state index contributed by atoms with van der Waals surface area (Å²) in [4.78, 5) is 4.05. The van der Waals surface area contributed by atoms with Crippen LogP contribution in [-0.2, 0) is 0 Å². The number of nitrogens with two attached hydrogens (primary N) is 2. The van der Waals surface area contributed by atoms with E-state index in [-0.39, 0.29) is 6.04 Å². The highest BCUT2D eigenvalue weighted by molar-refractivity contribution is 6.30. The molecule has 0 radical (unpaired) electrons. The van der Waals surface area contributed by atoms with Crippen molar-refractivity contribution in [3.8, 4) is 0 Å². The zero-order chi connectivity index (χ0) is 14.1. The van der Waals surface area contributed by atoms with Gasteiger partial charge in [0.15, 0.2) is 0 Å². The summed E-state index contributed by atoms with van der Waals surface area (Å²) in [6, 6.07) is 15.7. The van der Waals surface area contributed by atoms with Crippen molar-refractivity contribution >= 4 is 28.2 Å². The van der Waals surface area contributed by atoms with E-state index in [2.05, 4.69) is 29.2 Å². The Kier molecular flexibility index (Phi) is 3.30. The Balaban J connectivity index is 2.07. The first-order valence-electron chi connectivity index (χ1n) is 6.30. The fourth-order valence-corrected chi connectivity index (χ4v) is 2.46. The van der Waals surface area contributed by atoms with Crippen molar-refractivity contribution in [3.63, 3.8) is 0 Å². The maximum absolute atomic E-state index is 6.30. The van der Waals surface area contributed by atoms with Crippen molar-refractivity contribution < 1.29 is 0 Å². The van der Waals surface area contributed by atoms with Crippen LogP contribution in [0.25, 0.3) is 10.8 Å². The largest absolute Gasteiger partial charge is 0.383 e. The van der Waals surface area contributed by atoms with E-state index in [0.29, 0.717) is 10.8 Å². The molecule has 0 aliphatic rings. The molecule has 1 unspecified atom stereocenters. The quantitative estimate of drug-likeness (QED) is 0.756. The molecule has 100 valence electrons. The van der Waals surface area contributed by atoms with Gasteiger partial charge < -0.3 is 11.5 Å². The van der Waals surface area contributed by atoms with E-state index in [1.54, 1.807) is 6.07 Å². The van der Waals surface area contributed by atoms with Crippen molar-refractivity contribution in [2.45, 2.75) is 6.04 Å². The minimum Gasteiger partial charge on any atom is -0.383 e.